The minimum atomic E-state index is -0.284. The van der Waals surface area contributed by atoms with Crippen molar-refractivity contribution in [3.05, 3.63) is 16.1 Å². The van der Waals surface area contributed by atoms with Gasteiger partial charge in [0.1, 0.15) is 5.69 Å². The van der Waals surface area contributed by atoms with Crippen LogP contribution in [0.2, 0.25) is 0 Å². The predicted molar refractivity (Wildman–Crippen MR) is 59.0 cm³/mol. The van der Waals surface area contributed by atoms with E-state index in [1.54, 1.807) is 5.38 Å². The lowest BCUT2D eigenvalue weighted by Gasteiger charge is -2.04. The SMILES string of the molecule is Cc1nc(C(=O)NCC(=O)C(C)C)cs1. The fourth-order valence-electron chi connectivity index (χ4n) is 0.930. The summed E-state index contributed by atoms with van der Waals surface area (Å²) in [5, 5.41) is 5.08. The molecule has 0 aromatic carbocycles. The summed E-state index contributed by atoms with van der Waals surface area (Å²) in [5.74, 6) is -0.314. The fraction of sp³-hybridized carbons (Fsp3) is 0.500. The van der Waals surface area contributed by atoms with E-state index in [-0.39, 0.29) is 24.2 Å². The lowest BCUT2D eigenvalue weighted by Crippen LogP contribution is -2.31. The number of aromatic nitrogens is 1. The van der Waals surface area contributed by atoms with Crippen molar-refractivity contribution in [3.8, 4) is 0 Å². The summed E-state index contributed by atoms with van der Waals surface area (Å²) in [4.78, 5) is 26.7. The number of carbonyl (C=O) groups excluding carboxylic acids is 2. The predicted octanol–water partition coefficient (Wildman–Crippen LogP) is 1.41. The first kappa shape index (κ1) is 11.8. The largest absolute Gasteiger partial charge is 0.344 e. The summed E-state index contributed by atoms with van der Waals surface area (Å²) in [6, 6.07) is 0. The average Bonchev–Trinajstić information content (AvgIpc) is 2.60. The molecule has 0 aliphatic heterocycles. The zero-order chi connectivity index (χ0) is 11.4. The lowest BCUT2D eigenvalue weighted by molar-refractivity contribution is -0.120. The van der Waals surface area contributed by atoms with Crippen LogP contribution in [-0.4, -0.2) is 23.2 Å². The molecule has 0 aliphatic rings. The summed E-state index contributed by atoms with van der Waals surface area (Å²) in [7, 11) is 0. The lowest BCUT2D eigenvalue weighted by atomic mass is 10.1. The van der Waals surface area contributed by atoms with E-state index in [0.717, 1.165) is 5.01 Å². The molecular weight excluding hydrogens is 212 g/mol. The second kappa shape index (κ2) is 5.02. The highest BCUT2D eigenvalue weighted by Gasteiger charge is 2.12. The normalized spacial score (nSPS) is 10.4. The van der Waals surface area contributed by atoms with Gasteiger partial charge in [-0.1, -0.05) is 13.8 Å². The van der Waals surface area contributed by atoms with Gasteiger partial charge in [0.15, 0.2) is 5.78 Å². The molecule has 82 valence electrons. The molecule has 0 bridgehead atoms. The zero-order valence-corrected chi connectivity index (χ0v) is 9.85. The van der Waals surface area contributed by atoms with E-state index in [1.165, 1.54) is 11.3 Å². The van der Waals surface area contributed by atoms with E-state index < -0.39 is 0 Å². The van der Waals surface area contributed by atoms with Gasteiger partial charge in [0.25, 0.3) is 5.91 Å². The third kappa shape index (κ3) is 3.43. The van der Waals surface area contributed by atoms with E-state index in [2.05, 4.69) is 10.3 Å². The number of nitrogens with one attached hydrogen (secondary N) is 1. The number of carbonyl (C=O) groups is 2. The molecule has 1 heterocycles. The Kier molecular flexibility index (Phi) is 3.96. The summed E-state index contributed by atoms with van der Waals surface area (Å²) in [6.07, 6.45) is 0. The highest BCUT2D eigenvalue weighted by Crippen LogP contribution is 2.07. The molecule has 0 fully saturated rings. The minimum Gasteiger partial charge on any atom is -0.344 e. The molecule has 4 nitrogen and oxygen atoms in total. The second-order valence-electron chi connectivity index (χ2n) is 3.56. The first-order chi connectivity index (χ1) is 7.00. The van der Waals surface area contributed by atoms with Crippen LogP contribution in [0.4, 0.5) is 0 Å². The van der Waals surface area contributed by atoms with Crippen LogP contribution < -0.4 is 5.32 Å². The van der Waals surface area contributed by atoms with Gasteiger partial charge in [-0.3, -0.25) is 9.59 Å². The van der Waals surface area contributed by atoms with Crippen LogP contribution in [0.1, 0.15) is 29.3 Å². The van der Waals surface area contributed by atoms with Crippen LogP contribution in [0.5, 0.6) is 0 Å². The Labute approximate surface area is 92.7 Å². The van der Waals surface area contributed by atoms with Crippen molar-refractivity contribution < 1.29 is 9.59 Å². The molecule has 0 saturated heterocycles. The van der Waals surface area contributed by atoms with Crippen molar-refractivity contribution >= 4 is 23.0 Å². The van der Waals surface area contributed by atoms with Gasteiger partial charge in [-0.05, 0) is 6.92 Å². The van der Waals surface area contributed by atoms with Crippen molar-refractivity contribution in [2.45, 2.75) is 20.8 Å². The Bertz CT molecular complexity index is 371. The Morgan fingerprint density at radius 2 is 2.20 bits per heavy atom. The van der Waals surface area contributed by atoms with Crippen molar-refractivity contribution in [3.63, 3.8) is 0 Å². The van der Waals surface area contributed by atoms with Gasteiger partial charge in [0.2, 0.25) is 0 Å². The number of hydrogen-bond donors (Lipinski definition) is 1. The van der Waals surface area contributed by atoms with Gasteiger partial charge >= 0.3 is 0 Å². The molecule has 1 rings (SSSR count). The van der Waals surface area contributed by atoms with Gasteiger partial charge in [-0.25, -0.2) is 4.98 Å². The fourth-order valence-corrected chi connectivity index (χ4v) is 1.52. The number of nitrogens with zero attached hydrogens (tertiary/aromatic N) is 1. The molecule has 5 heteroatoms. The zero-order valence-electron chi connectivity index (χ0n) is 9.03. The summed E-state index contributed by atoms with van der Waals surface area (Å²) < 4.78 is 0. The van der Waals surface area contributed by atoms with Gasteiger partial charge in [0, 0.05) is 11.3 Å². The number of ketones is 1. The quantitative estimate of drug-likeness (QED) is 0.844. The van der Waals surface area contributed by atoms with Gasteiger partial charge in [-0.15, -0.1) is 11.3 Å². The third-order valence-electron chi connectivity index (χ3n) is 1.92. The monoisotopic (exact) mass is 226 g/mol. The Morgan fingerprint density at radius 3 is 2.67 bits per heavy atom. The highest BCUT2D eigenvalue weighted by atomic mass is 32.1. The van der Waals surface area contributed by atoms with Crippen LogP contribution in [0.25, 0.3) is 0 Å². The van der Waals surface area contributed by atoms with E-state index in [9.17, 15) is 9.59 Å². The van der Waals surface area contributed by atoms with Gasteiger partial charge in [0.05, 0.1) is 11.6 Å². The second-order valence-corrected chi connectivity index (χ2v) is 4.62. The standard InChI is InChI=1S/C10H14N2O2S/c1-6(2)9(13)4-11-10(14)8-5-15-7(3)12-8/h5-6H,4H2,1-3H3,(H,11,14). The maximum atomic E-state index is 11.5. The van der Waals surface area contributed by atoms with Crippen LogP contribution in [0, 0.1) is 12.8 Å². The van der Waals surface area contributed by atoms with E-state index >= 15 is 0 Å². The number of rotatable bonds is 4. The van der Waals surface area contributed by atoms with Gasteiger partial charge in [-0.2, -0.15) is 0 Å². The van der Waals surface area contributed by atoms with E-state index in [0.29, 0.717) is 5.69 Å². The molecule has 0 unspecified atom stereocenters. The summed E-state index contributed by atoms with van der Waals surface area (Å²) >= 11 is 1.42. The molecule has 0 radical (unpaired) electrons. The van der Waals surface area contributed by atoms with Crippen LogP contribution >= 0.6 is 11.3 Å². The smallest absolute Gasteiger partial charge is 0.271 e. The Balaban J connectivity index is 2.47. The summed E-state index contributed by atoms with van der Waals surface area (Å²) in [5.41, 5.74) is 0.383. The van der Waals surface area contributed by atoms with E-state index in [4.69, 9.17) is 0 Å². The van der Waals surface area contributed by atoms with Crippen molar-refractivity contribution in [1.29, 1.82) is 0 Å². The minimum absolute atomic E-state index is 0.0234. The first-order valence-corrected chi connectivity index (χ1v) is 5.61. The topological polar surface area (TPSA) is 59.1 Å². The number of Topliss-reactive ketones (excluding diaryl/α,β-unsaturated/α-hetero) is 1. The maximum Gasteiger partial charge on any atom is 0.271 e. The molecule has 1 amide bonds. The first-order valence-electron chi connectivity index (χ1n) is 4.73. The van der Waals surface area contributed by atoms with Crippen LogP contribution in [0.15, 0.2) is 5.38 Å². The van der Waals surface area contributed by atoms with Crippen molar-refractivity contribution in [2.75, 3.05) is 6.54 Å². The van der Waals surface area contributed by atoms with Crippen molar-refractivity contribution in [1.82, 2.24) is 10.3 Å². The molecule has 0 aliphatic carbocycles. The molecule has 15 heavy (non-hydrogen) atoms. The highest BCUT2D eigenvalue weighted by molar-refractivity contribution is 7.09. The Morgan fingerprint density at radius 1 is 1.53 bits per heavy atom. The molecule has 0 spiro atoms. The molecule has 1 N–H and O–H groups in total. The number of aryl methyl sites for hydroxylation is 1. The third-order valence-corrected chi connectivity index (χ3v) is 2.69. The van der Waals surface area contributed by atoms with Gasteiger partial charge < -0.3 is 5.32 Å². The number of hydrogen-bond acceptors (Lipinski definition) is 4. The number of amides is 1. The van der Waals surface area contributed by atoms with Crippen LogP contribution in [0.3, 0.4) is 0 Å². The summed E-state index contributed by atoms with van der Waals surface area (Å²) in [6.45, 7) is 5.52. The molecule has 0 saturated carbocycles. The average molecular weight is 226 g/mol. The molecule has 1 aromatic heterocycles. The van der Waals surface area contributed by atoms with Crippen LogP contribution in [-0.2, 0) is 4.79 Å². The maximum absolute atomic E-state index is 11.5. The molecule has 1 aromatic rings. The molecular formula is C10H14N2O2S. The molecule has 0 atom stereocenters. The Hall–Kier alpha value is -1.23. The number of thiazole rings is 1. The van der Waals surface area contributed by atoms with Crippen molar-refractivity contribution in [2.24, 2.45) is 5.92 Å². The van der Waals surface area contributed by atoms with E-state index in [1.807, 2.05) is 20.8 Å².